The van der Waals surface area contributed by atoms with E-state index in [-0.39, 0.29) is 24.1 Å². The van der Waals surface area contributed by atoms with E-state index in [1.165, 1.54) is 17.4 Å². The number of piperidine rings is 2. The number of imide groups is 1. The van der Waals surface area contributed by atoms with E-state index in [1.54, 1.807) is 12.1 Å². The first-order valence-electron chi connectivity index (χ1n) is 10.4. The average molecular weight is 453 g/mol. The zero-order valence-electron chi connectivity index (χ0n) is 16.8. The molecule has 0 aromatic heterocycles. The van der Waals surface area contributed by atoms with Crippen molar-refractivity contribution in [3.63, 3.8) is 0 Å². The summed E-state index contributed by atoms with van der Waals surface area (Å²) in [4.78, 5) is 43.6. The highest BCUT2D eigenvalue weighted by molar-refractivity contribution is 6.42. The van der Waals surface area contributed by atoms with E-state index in [0.29, 0.717) is 41.7 Å². The smallest absolute Gasteiger partial charge is 0.251 e. The minimum Gasteiger partial charge on any atom is -0.368 e. The highest BCUT2D eigenvalue weighted by Crippen LogP contribution is 2.35. The number of primary amides is 1. The Morgan fingerprint density at radius 3 is 2.27 bits per heavy atom. The maximum Gasteiger partial charge on any atom is 0.251 e. The minimum absolute atomic E-state index is 0.117. The summed E-state index contributed by atoms with van der Waals surface area (Å²) in [6.45, 7) is 2.88. The maximum absolute atomic E-state index is 13.1. The molecule has 30 heavy (non-hydrogen) atoms. The molecule has 9 heteroatoms. The number of likely N-dealkylation sites (tertiary alicyclic amines) is 2. The molecule has 0 bridgehead atoms. The third kappa shape index (κ3) is 3.73. The molecule has 2 N–H and O–H groups in total. The Balaban J connectivity index is 1.48. The predicted octanol–water partition coefficient (Wildman–Crippen LogP) is 2.43. The van der Waals surface area contributed by atoms with E-state index >= 15 is 0 Å². The largest absolute Gasteiger partial charge is 0.368 e. The summed E-state index contributed by atoms with van der Waals surface area (Å²) in [7, 11) is 0. The van der Waals surface area contributed by atoms with E-state index in [1.807, 2.05) is 4.90 Å². The van der Waals surface area contributed by atoms with Gasteiger partial charge in [-0.05, 0) is 57.0 Å². The van der Waals surface area contributed by atoms with Crippen LogP contribution >= 0.6 is 23.2 Å². The van der Waals surface area contributed by atoms with Gasteiger partial charge in [-0.15, -0.1) is 0 Å². The summed E-state index contributed by atoms with van der Waals surface area (Å²) in [6, 6.07) is 4.21. The van der Waals surface area contributed by atoms with Crippen LogP contribution in [0.1, 0.15) is 38.5 Å². The van der Waals surface area contributed by atoms with Gasteiger partial charge >= 0.3 is 0 Å². The predicted molar refractivity (Wildman–Crippen MR) is 116 cm³/mol. The van der Waals surface area contributed by atoms with Crippen molar-refractivity contribution in [1.29, 1.82) is 0 Å². The zero-order chi connectivity index (χ0) is 21.5. The number of hydrogen-bond acceptors (Lipinski definition) is 5. The van der Waals surface area contributed by atoms with Gasteiger partial charge in [-0.3, -0.25) is 24.2 Å². The van der Waals surface area contributed by atoms with Crippen LogP contribution < -0.4 is 10.6 Å². The van der Waals surface area contributed by atoms with Gasteiger partial charge in [0.15, 0.2) is 0 Å². The number of nitrogens with two attached hydrogens (primary N) is 1. The first kappa shape index (κ1) is 21.6. The molecule has 7 nitrogen and oxygen atoms in total. The molecule has 0 radical (unpaired) electrons. The van der Waals surface area contributed by atoms with Gasteiger partial charge in [0.05, 0.1) is 28.2 Å². The molecule has 3 amide bonds. The Morgan fingerprint density at radius 1 is 1.00 bits per heavy atom. The zero-order valence-corrected chi connectivity index (χ0v) is 18.3. The fraction of sp³-hybridized carbons (Fsp3) is 0.571. The summed E-state index contributed by atoms with van der Waals surface area (Å²) < 4.78 is 0. The van der Waals surface area contributed by atoms with Crippen molar-refractivity contribution in [2.45, 2.75) is 50.1 Å². The van der Waals surface area contributed by atoms with Gasteiger partial charge in [0, 0.05) is 13.1 Å². The van der Waals surface area contributed by atoms with Gasteiger partial charge in [0.2, 0.25) is 11.8 Å². The van der Waals surface area contributed by atoms with Crippen molar-refractivity contribution in [3.8, 4) is 0 Å². The first-order chi connectivity index (χ1) is 14.3. The second-order valence-electron chi connectivity index (χ2n) is 8.37. The molecule has 3 saturated heterocycles. The van der Waals surface area contributed by atoms with Crippen molar-refractivity contribution in [2.24, 2.45) is 5.73 Å². The van der Waals surface area contributed by atoms with Crippen LogP contribution in [0.15, 0.2) is 18.2 Å². The second-order valence-corrected chi connectivity index (χ2v) is 9.18. The highest BCUT2D eigenvalue weighted by Gasteiger charge is 2.49. The van der Waals surface area contributed by atoms with Crippen LogP contribution in [-0.4, -0.2) is 65.3 Å². The van der Waals surface area contributed by atoms with Gasteiger partial charge in [-0.2, -0.15) is 0 Å². The van der Waals surface area contributed by atoms with E-state index in [2.05, 4.69) is 4.90 Å². The fourth-order valence-corrected chi connectivity index (χ4v) is 5.33. The molecule has 3 heterocycles. The molecule has 0 spiro atoms. The number of carbonyl (C=O) groups is 3. The molecule has 1 aromatic rings. The monoisotopic (exact) mass is 452 g/mol. The first-order valence-corrected chi connectivity index (χ1v) is 11.2. The number of anilines is 1. The van der Waals surface area contributed by atoms with Gasteiger partial charge in [0.25, 0.3) is 5.91 Å². The number of halogens is 2. The molecule has 3 aliphatic rings. The lowest BCUT2D eigenvalue weighted by molar-refractivity contribution is -0.136. The van der Waals surface area contributed by atoms with Crippen molar-refractivity contribution < 1.29 is 14.4 Å². The maximum atomic E-state index is 13.1. The van der Waals surface area contributed by atoms with E-state index in [4.69, 9.17) is 28.9 Å². The van der Waals surface area contributed by atoms with Gasteiger partial charge < -0.3 is 5.73 Å². The van der Waals surface area contributed by atoms with E-state index in [0.717, 1.165) is 25.9 Å². The average Bonchev–Trinajstić information content (AvgIpc) is 3.04. The van der Waals surface area contributed by atoms with Gasteiger partial charge in [-0.1, -0.05) is 29.6 Å². The van der Waals surface area contributed by atoms with Crippen LogP contribution in [0.3, 0.4) is 0 Å². The SMILES string of the molecule is NC(=O)C1(N2CCCCC2)CCN([C@@H]2CC(=O)N(c3ccc(Cl)c(Cl)c3)C2=O)CC1. The molecule has 0 saturated carbocycles. The Kier molecular flexibility index (Phi) is 6.08. The topological polar surface area (TPSA) is 87.0 Å². The lowest BCUT2D eigenvalue weighted by Gasteiger charge is -2.48. The van der Waals surface area contributed by atoms with Crippen LogP contribution in [-0.2, 0) is 14.4 Å². The molecule has 3 fully saturated rings. The Morgan fingerprint density at radius 2 is 1.67 bits per heavy atom. The summed E-state index contributed by atoms with van der Waals surface area (Å²) in [5, 5.41) is 0.663. The quantitative estimate of drug-likeness (QED) is 0.708. The van der Waals surface area contributed by atoms with Gasteiger partial charge in [-0.25, -0.2) is 4.90 Å². The van der Waals surface area contributed by atoms with E-state index < -0.39 is 11.6 Å². The van der Waals surface area contributed by atoms with Crippen LogP contribution in [0, 0.1) is 0 Å². The molecule has 3 aliphatic heterocycles. The van der Waals surface area contributed by atoms with E-state index in [9.17, 15) is 14.4 Å². The molecule has 0 aliphatic carbocycles. The number of benzene rings is 1. The van der Waals surface area contributed by atoms with Crippen molar-refractivity contribution in [1.82, 2.24) is 9.80 Å². The summed E-state index contributed by atoms with van der Waals surface area (Å²) >= 11 is 12.0. The second kappa shape index (κ2) is 8.46. The van der Waals surface area contributed by atoms with Crippen LogP contribution in [0.2, 0.25) is 10.0 Å². The lowest BCUT2D eigenvalue weighted by atomic mass is 9.83. The third-order valence-corrected chi connectivity index (χ3v) is 7.51. The highest BCUT2D eigenvalue weighted by atomic mass is 35.5. The molecular weight excluding hydrogens is 427 g/mol. The van der Waals surface area contributed by atoms with Crippen LogP contribution in [0.25, 0.3) is 0 Å². The minimum atomic E-state index is -0.647. The number of hydrogen-bond donors (Lipinski definition) is 1. The number of rotatable bonds is 4. The lowest BCUT2D eigenvalue weighted by Crippen LogP contribution is -2.64. The molecular formula is C21H26Cl2N4O3. The van der Waals surface area contributed by atoms with Crippen LogP contribution in [0.5, 0.6) is 0 Å². The fourth-order valence-electron chi connectivity index (χ4n) is 5.04. The number of nitrogens with zero attached hydrogens (tertiary/aromatic N) is 3. The van der Waals surface area contributed by atoms with Crippen LogP contribution in [0.4, 0.5) is 5.69 Å². The molecule has 0 unspecified atom stereocenters. The molecule has 1 aromatic carbocycles. The standard InChI is InChI=1S/C21H26Cl2N4O3/c22-15-5-4-14(12-16(15)23)27-18(28)13-17(19(27)29)25-10-6-21(7-11-25,20(24)30)26-8-2-1-3-9-26/h4-5,12,17H,1-3,6-11,13H2,(H2,24,30)/t17-/m1/s1. The molecule has 162 valence electrons. The summed E-state index contributed by atoms with van der Waals surface area (Å²) in [5.41, 5.74) is 5.64. The van der Waals surface area contributed by atoms with Gasteiger partial charge in [0.1, 0.15) is 5.54 Å². The molecule has 1 atom stereocenters. The summed E-state index contributed by atoms with van der Waals surface area (Å²) in [6.07, 6.45) is 4.60. The van der Waals surface area contributed by atoms with Crippen molar-refractivity contribution >= 4 is 46.6 Å². The summed E-state index contributed by atoms with van der Waals surface area (Å²) in [5.74, 6) is -0.801. The Bertz CT molecular complexity index is 864. The van der Waals surface area contributed by atoms with Crippen molar-refractivity contribution in [3.05, 3.63) is 28.2 Å². The Labute approximate surface area is 186 Å². The third-order valence-electron chi connectivity index (χ3n) is 6.77. The Hall–Kier alpha value is -1.67. The number of amides is 3. The number of carbonyl (C=O) groups excluding carboxylic acids is 3. The van der Waals surface area contributed by atoms with Crippen molar-refractivity contribution in [2.75, 3.05) is 31.1 Å². The molecule has 4 rings (SSSR count). The normalized spacial score (nSPS) is 25.7.